The summed E-state index contributed by atoms with van der Waals surface area (Å²) >= 11 is 12.1. The van der Waals surface area contributed by atoms with E-state index in [-0.39, 0.29) is 0 Å². The number of aliphatic carboxylic acids is 1. The molecule has 0 bridgehead atoms. The number of hydrogen-bond donors (Lipinski definition) is 1. The molecule has 4 heteroatoms. The summed E-state index contributed by atoms with van der Waals surface area (Å²) in [4.78, 5) is 11.5. The second-order valence-electron chi connectivity index (χ2n) is 5.17. The van der Waals surface area contributed by atoms with Crippen molar-refractivity contribution in [3.8, 4) is 0 Å². The maximum Gasteiger partial charge on any atom is 0.307 e. The van der Waals surface area contributed by atoms with Crippen LogP contribution in [0.1, 0.15) is 16.7 Å². The Kier molecular flexibility index (Phi) is 5.27. The highest BCUT2D eigenvalue weighted by Gasteiger charge is 2.20. The molecule has 2 nitrogen and oxygen atoms in total. The van der Waals surface area contributed by atoms with Crippen molar-refractivity contribution >= 4 is 29.2 Å². The predicted octanol–water partition coefficient (Wildman–Crippen LogP) is 4.79. The molecule has 0 amide bonds. The van der Waals surface area contributed by atoms with Crippen molar-refractivity contribution in [2.24, 2.45) is 5.92 Å². The standard InChI is InChI=1S/C17H16Cl2O2/c1-11-3-2-4-12(7-11)8-14(17(20)21)9-13-10-15(18)5-6-16(13)19/h2-7,10,14H,8-9H2,1H3,(H,20,21). The van der Waals surface area contributed by atoms with Gasteiger partial charge in [0.05, 0.1) is 5.92 Å². The number of carboxylic acids is 1. The molecule has 0 spiro atoms. The molecule has 0 heterocycles. The molecule has 2 rings (SSSR count). The van der Waals surface area contributed by atoms with Gasteiger partial charge in [-0.2, -0.15) is 0 Å². The Morgan fingerprint density at radius 2 is 1.90 bits per heavy atom. The summed E-state index contributed by atoms with van der Waals surface area (Å²) in [6.07, 6.45) is 0.836. The number of carboxylic acid groups (broad SMARTS) is 1. The Hall–Kier alpha value is -1.51. The van der Waals surface area contributed by atoms with Gasteiger partial charge < -0.3 is 5.11 Å². The third kappa shape index (κ3) is 4.48. The van der Waals surface area contributed by atoms with Crippen molar-refractivity contribution in [1.29, 1.82) is 0 Å². The smallest absolute Gasteiger partial charge is 0.307 e. The Morgan fingerprint density at radius 3 is 2.57 bits per heavy atom. The third-order valence-corrected chi connectivity index (χ3v) is 3.99. The fraction of sp³-hybridized carbons (Fsp3) is 0.235. The molecule has 0 aliphatic heterocycles. The van der Waals surface area contributed by atoms with E-state index in [0.29, 0.717) is 22.9 Å². The summed E-state index contributed by atoms with van der Waals surface area (Å²) in [5.74, 6) is -1.35. The number of carbonyl (C=O) groups is 1. The van der Waals surface area contributed by atoms with E-state index in [2.05, 4.69) is 0 Å². The van der Waals surface area contributed by atoms with Gasteiger partial charge in [0.2, 0.25) is 0 Å². The minimum absolute atomic E-state index is 0.364. The molecule has 1 unspecified atom stereocenters. The van der Waals surface area contributed by atoms with Crippen molar-refractivity contribution in [2.45, 2.75) is 19.8 Å². The lowest BCUT2D eigenvalue weighted by Gasteiger charge is -2.14. The van der Waals surface area contributed by atoms with Gasteiger partial charge in [-0.15, -0.1) is 0 Å². The van der Waals surface area contributed by atoms with Gasteiger partial charge in [-0.3, -0.25) is 4.79 Å². The number of hydrogen-bond acceptors (Lipinski definition) is 1. The Labute approximate surface area is 134 Å². The van der Waals surface area contributed by atoms with Gasteiger partial charge in [-0.05, 0) is 49.1 Å². The van der Waals surface area contributed by atoms with Crippen LogP contribution < -0.4 is 0 Å². The first-order valence-corrected chi connectivity index (χ1v) is 7.43. The summed E-state index contributed by atoms with van der Waals surface area (Å²) < 4.78 is 0. The molecule has 21 heavy (non-hydrogen) atoms. The quantitative estimate of drug-likeness (QED) is 0.859. The SMILES string of the molecule is Cc1cccc(CC(Cc2cc(Cl)ccc2Cl)C(=O)O)c1. The van der Waals surface area contributed by atoms with Gasteiger partial charge in [0, 0.05) is 10.0 Å². The maximum absolute atomic E-state index is 11.5. The average molecular weight is 323 g/mol. The molecule has 0 saturated carbocycles. The lowest BCUT2D eigenvalue weighted by atomic mass is 9.92. The maximum atomic E-state index is 11.5. The van der Waals surface area contributed by atoms with E-state index in [1.54, 1.807) is 18.2 Å². The van der Waals surface area contributed by atoms with Crippen LogP contribution in [0.5, 0.6) is 0 Å². The van der Waals surface area contributed by atoms with Crippen LogP contribution in [-0.4, -0.2) is 11.1 Å². The fourth-order valence-corrected chi connectivity index (χ4v) is 2.73. The van der Waals surface area contributed by atoms with Crippen LogP contribution in [0.25, 0.3) is 0 Å². The van der Waals surface area contributed by atoms with Crippen LogP contribution in [0.15, 0.2) is 42.5 Å². The number of rotatable bonds is 5. The Morgan fingerprint density at radius 1 is 1.14 bits per heavy atom. The normalized spacial score (nSPS) is 12.1. The molecular weight excluding hydrogens is 307 g/mol. The molecule has 0 radical (unpaired) electrons. The highest BCUT2D eigenvalue weighted by Crippen LogP contribution is 2.25. The second-order valence-corrected chi connectivity index (χ2v) is 6.01. The van der Waals surface area contributed by atoms with Gasteiger partial charge in [0.25, 0.3) is 0 Å². The Balaban J connectivity index is 2.20. The van der Waals surface area contributed by atoms with E-state index in [1.807, 2.05) is 31.2 Å². The molecule has 1 N–H and O–H groups in total. The second kappa shape index (κ2) is 6.97. The average Bonchev–Trinajstić information content (AvgIpc) is 2.42. The van der Waals surface area contributed by atoms with Crippen LogP contribution in [0.3, 0.4) is 0 Å². The molecule has 0 aliphatic rings. The van der Waals surface area contributed by atoms with Gasteiger partial charge in [-0.1, -0.05) is 53.0 Å². The molecule has 0 saturated heterocycles. The summed E-state index contributed by atoms with van der Waals surface area (Å²) in [5.41, 5.74) is 2.90. The lowest BCUT2D eigenvalue weighted by Crippen LogP contribution is -2.19. The summed E-state index contributed by atoms with van der Waals surface area (Å²) in [6, 6.07) is 13.0. The van der Waals surface area contributed by atoms with E-state index in [1.165, 1.54) is 0 Å². The first-order valence-electron chi connectivity index (χ1n) is 6.68. The van der Waals surface area contributed by atoms with E-state index < -0.39 is 11.9 Å². The van der Waals surface area contributed by atoms with Gasteiger partial charge >= 0.3 is 5.97 Å². The molecule has 2 aromatic carbocycles. The minimum Gasteiger partial charge on any atom is -0.481 e. The molecule has 0 fully saturated rings. The molecule has 0 aliphatic carbocycles. The number of aryl methyl sites for hydroxylation is 1. The van der Waals surface area contributed by atoms with Crippen molar-refractivity contribution < 1.29 is 9.90 Å². The first-order chi connectivity index (χ1) is 9.95. The first kappa shape index (κ1) is 15.9. The monoisotopic (exact) mass is 322 g/mol. The number of benzene rings is 2. The van der Waals surface area contributed by atoms with E-state index in [9.17, 15) is 9.90 Å². The van der Waals surface area contributed by atoms with Crippen LogP contribution in [0, 0.1) is 12.8 Å². The fourth-order valence-electron chi connectivity index (χ4n) is 2.34. The topological polar surface area (TPSA) is 37.3 Å². The molecule has 110 valence electrons. The van der Waals surface area contributed by atoms with Crippen LogP contribution in [0.2, 0.25) is 10.0 Å². The third-order valence-electron chi connectivity index (χ3n) is 3.39. The molecule has 1 atom stereocenters. The summed E-state index contributed by atoms with van der Waals surface area (Å²) in [7, 11) is 0. The van der Waals surface area contributed by atoms with E-state index in [0.717, 1.165) is 16.7 Å². The van der Waals surface area contributed by atoms with Gasteiger partial charge in [-0.25, -0.2) is 0 Å². The highest BCUT2D eigenvalue weighted by atomic mass is 35.5. The summed E-state index contributed by atoms with van der Waals surface area (Å²) in [6.45, 7) is 1.99. The minimum atomic E-state index is -0.826. The van der Waals surface area contributed by atoms with Crippen molar-refractivity contribution in [1.82, 2.24) is 0 Å². The highest BCUT2D eigenvalue weighted by molar-refractivity contribution is 6.33. The van der Waals surface area contributed by atoms with Gasteiger partial charge in [0.1, 0.15) is 0 Å². The zero-order valence-electron chi connectivity index (χ0n) is 11.6. The zero-order chi connectivity index (χ0) is 15.4. The van der Waals surface area contributed by atoms with E-state index >= 15 is 0 Å². The van der Waals surface area contributed by atoms with Crippen LogP contribution >= 0.6 is 23.2 Å². The zero-order valence-corrected chi connectivity index (χ0v) is 13.2. The lowest BCUT2D eigenvalue weighted by molar-refractivity contribution is -0.141. The Bertz CT molecular complexity index is 653. The van der Waals surface area contributed by atoms with Crippen LogP contribution in [-0.2, 0) is 17.6 Å². The number of halogens is 2. The molecule has 0 aromatic heterocycles. The van der Waals surface area contributed by atoms with Crippen molar-refractivity contribution in [3.05, 3.63) is 69.2 Å². The van der Waals surface area contributed by atoms with Gasteiger partial charge in [0.15, 0.2) is 0 Å². The van der Waals surface area contributed by atoms with Crippen LogP contribution in [0.4, 0.5) is 0 Å². The van der Waals surface area contributed by atoms with Crippen molar-refractivity contribution in [3.63, 3.8) is 0 Å². The largest absolute Gasteiger partial charge is 0.481 e. The summed E-state index contributed by atoms with van der Waals surface area (Å²) in [5, 5.41) is 10.6. The van der Waals surface area contributed by atoms with Crippen molar-refractivity contribution in [2.75, 3.05) is 0 Å². The van der Waals surface area contributed by atoms with E-state index in [4.69, 9.17) is 23.2 Å². The predicted molar refractivity (Wildman–Crippen MR) is 86.2 cm³/mol. The molecular formula is C17H16Cl2O2. The molecule has 2 aromatic rings.